The van der Waals surface area contributed by atoms with Crippen LogP contribution in [-0.2, 0) is 23.9 Å². The Labute approximate surface area is 235 Å². The van der Waals surface area contributed by atoms with Crippen LogP contribution in [0.5, 0.6) is 0 Å². The number of halogens is 1. The van der Waals surface area contributed by atoms with Gasteiger partial charge in [-0.1, -0.05) is 0 Å². The molecule has 7 unspecified atom stereocenters. The Kier molecular flexibility index (Phi) is 8.19. The van der Waals surface area contributed by atoms with Gasteiger partial charge in [0.05, 0.1) is 43.1 Å². The molecule has 0 spiro atoms. The van der Waals surface area contributed by atoms with Gasteiger partial charge in [0.15, 0.2) is 5.78 Å². The van der Waals surface area contributed by atoms with Crippen LogP contribution >= 0.6 is 11.6 Å². The Hall–Kier alpha value is -1.72. The topological polar surface area (TPSA) is 94.7 Å². The number of carbonyl (C=O) groups excluding carboxylic acids is 3. The lowest BCUT2D eigenvalue weighted by Crippen LogP contribution is -2.69. The lowest BCUT2D eigenvalue weighted by Gasteiger charge is -2.59. The maximum atomic E-state index is 14.0. The molecule has 2 saturated carbocycles. The van der Waals surface area contributed by atoms with Gasteiger partial charge in [0.1, 0.15) is 0 Å². The molecule has 5 fully saturated rings. The van der Waals surface area contributed by atoms with Crippen molar-refractivity contribution in [2.45, 2.75) is 74.7 Å². The number of Topliss-reactive ketones (excluding diaryl/α,β-unsaturated/α-hetero) is 1. The number of fused-ring (bicyclic) bond motifs is 2. The number of carbonyl (C=O) groups is 3. The zero-order chi connectivity index (χ0) is 27.1. The number of nitrogens with zero attached hydrogens (tertiary/aromatic N) is 4. The van der Waals surface area contributed by atoms with Crippen LogP contribution in [0.1, 0.15) is 39.0 Å². The first-order valence-corrected chi connectivity index (χ1v) is 15.2. The van der Waals surface area contributed by atoms with Gasteiger partial charge in [-0.2, -0.15) is 0 Å². The normalized spacial score (nSPS) is 37.5. The zero-order valence-corrected chi connectivity index (χ0v) is 23.7. The van der Waals surface area contributed by atoms with Gasteiger partial charge in [-0.3, -0.25) is 24.2 Å². The molecule has 4 heterocycles. The number of morpholine rings is 2. The summed E-state index contributed by atoms with van der Waals surface area (Å²) in [5.41, 5.74) is 0.274. The summed E-state index contributed by atoms with van der Waals surface area (Å²) in [5.74, 6) is -0.511. The Morgan fingerprint density at radius 1 is 1.03 bits per heavy atom. The van der Waals surface area contributed by atoms with Crippen molar-refractivity contribution >= 4 is 29.2 Å². The van der Waals surface area contributed by atoms with Gasteiger partial charge in [0.25, 0.3) is 5.91 Å². The van der Waals surface area contributed by atoms with E-state index in [1.807, 2.05) is 11.1 Å². The fraction of sp³-hybridized carbons (Fsp3) is 0.821. The van der Waals surface area contributed by atoms with Crippen molar-refractivity contribution < 1.29 is 23.9 Å². The van der Waals surface area contributed by atoms with E-state index in [4.69, 9.17) is 21.1 Å². The molecule has 0 aromatic carbocycles. The SMILES string of the molecule is CC(=O)N1CCN(C2CC3OC4CCC(Cl)CC4N4C=C(C(=O)NCCN5CCOCC5)C(=O)C(C2)C34)CC1. The predicted molar refractivity (Wildman–Crippen MR) is 145 cm³/mol. The minimum absolute atomic E-state index is 0.0552. The molecule has 3 saturated heterocycles. The maximum absolute atomic E-state index is 14.0. The van der Waals surface area contributed by atoms with Gasteiger partial charge < -0.3 is 24.6 Å². The number of ketones is 1. The van der Waals surface area contributed by atoms with Gasteiger partial charge in [-0.25, -0.2) is 0 Å². The summed E-state index contributed by atoms with van der Waals surface area (Å²) >= 11 is 6.62. The molecule has 4 aliphatic heterocycles. The molecule has 216 valence electrons. The van der Waals surface area contributed by atoms with Crippen molar-refractivity contribution in [2.75, 3.05) is 65.6 Å². The van der Waals surface area contributed by atoms with Crippen LogP contribution in [0.3, 0.4) is 0 Å². The molecular formula is C28H42ClN5O5. The number of nitrogens with one attached hydrogen (secondary N) is 1. The van der Waals surface area contributed by atoms with E-state index in [1.165, 1.54) is 0 Å². The number of rotatable bonds is 5. The van der Waals surface area contributed by atoms with E-state index in [0.717, 1.165) is 58.4 Å². The minimum Gasteiger partial charge on any atom is -0.379 e. The second-order valence-corrected chi connectivity index (χ2v) is 12.6. The highest BCUT2D eigenvalue weighted by molar-refractivity contribution is 6.21. The molecule has 7 atom stereocenters. The number of ether oxygens (including phenoxy) is 2. The third-order valence-electron chi connectivity index (χ3n) is 9.81. The van der Waals surface area contributed by atoms with Crippen molar-refractivity contribution in [3.63, 3.8) is 0 Å². The van der Waals surface area contributed by atoms with Crippen molar-refractivity contribution in [1.82, 2.24) is 24.9 Å². The van der Waals surface area contributed by atoms with E-state index in [-0.39, 0.29) is 64.8 Å². The van der Waals surface area contributed by atoms with E-state index >= 15 is 0 Å². The highest BCUT2D eigenvalue weighted by atomic mass is 35.5. The Morgan fingerprint density at radius 2 is 1.79 bits per heavy atom. The molecule has 0 bridgehead atoms. The van der Waals surface area contributed by atoms with Gasteiger partial charge in [-0.15, -0.1) is 11.6 Å². The molecule has 0 radical (unpaired) electrons. The van der Waals surface area contributed by atoms with Crippen molar-refractivity contribution in [3.8, 4) is 0 Å². The van der Waals surface area contributed by atoms with Crippen LogP contribution in [-0.4, -0.2) is 138 Å². The van der Waals surface area contributed by atoms with Gasteiger partial charge >= 0.3 is 0 Å². The highest BCUT2D eigenvalue weighted by Gasteiger charge is 2.56. The molecule has 2 aliphatic carbocycles. The molecule has 6 aliphatic rings. The number of alkyl halides is 1. The van der Waals surface area contributed by atoms with E-state index in [2.05, 4.69) is 20.0 Å². The van der Waals surface area contributed by atoms with E-state index in [0.29, 0.717) is 39.3 Å². The molecule has 0 aromatic rings. The lowest BCUT2D eigenvalue weighted by atomic mass is 9.70. The quantitative estimate of drug-likeness (QED) is 0.380. The largest absolute Gasteiger partial charge is 0.379 e. The minimum atomic E-state index is -0.291. The Morgan fingerprint density at radius 3 is 2.54 bits per heavy atom. The summed E-state index contributed by atoms with van der Waals surface area (Å²) in [5, 5.41) is 3.11. The Bertz CT molecular complexity index is 981. The predicted octanol–water partition coefficient (Wildman–Crippen LogP) is 0.442. The molecule has 0 aromatic heterocycles. The smallest absolute Gasteiger partial charge is 0.256 e. The first-order chi connectivity index (χ1) is 18.9. The van der Waals surface area contributed by atoms with Crippen LogP contribution in [0.15, 0.2) is 11.8 Å². The number of amides is 2. The first kappa shape index (κ1) is 27.4. The average Bonchev–Trinajstić information content (AvgIpc) is 2.95. The summed E-state index contributed by atoms with van der Waals surface area (Å²) in [7, 11) is 0. The number of hydrogen-bond acceptors (Lipinski definition) is 8. The van der Waals surface area contributed by atoms with Crippen LogP contribution in [0.4, 0.5) is 0 Å². The molecule has 2 amide bonds. The lowest BCUT2D eigenvalue weighted by molar-refractivity contribution is -0.189. The fourth-order valence-corrected chi connectivity index (χ4v) is 8.00. The van der Waals surface area contributed by atoms with Crippen molar-refractivity contribution in [3.05, 3.63) is 11.8 Å². The third-order valence-corrected chi connectivity index (χ3v) is 10.2. The van der Waals surface area contributed by atoms with Crippen molar-refractivity contribution in [1.29, 1.82) is 0 Å². The van der Waals surface area contributed by atoms with Crippen LogP contribution in [0.25, 0.3) is 0 Å². The second kappa shape index (κ2) is 11.6. The number of hydrogen-bond donors (Lipinski definition) is 1. The standard InChI is InChI=1S/C28H42ClN5O5/c1-18(35)32-6-8-33(9-7-32)20-15-21-26-25(16-20)39-24-3-2-19(29)14-23(24)34(26)17-22(27(21)36)28(37)30-4-5-31-10-12-38-13-11-31/h17,19-21,23-26H,2-16H2,1H3,(H,30,37). The summed E-state index contributed by atoms with van der Waals surface area (Å²) in [6.45, 7) is 9.06. The third kappa shape index (κ3) is 5.60. The summed E-state index contributed by atoms with van der Waals surface area (Å²) < 4.78 is 12.2. The molecule has 6 rings (SSSR count). The van der Waals surface area contributed by atoms with Crippen LogP contribution in [0.2, 0.25) is 0 Å². The number of piperazine rings is 1. The Balaban J connectivity index is 1.20. The molecular weight excluding hydrogens is 522 g/mol. The summed E-state index contributed by atoms with van der Waals surface area (Å²) in [6.07, 6.45) is 6.05. The maximum Gasteiger partial charge on any atom is 0.256 e. The first-order valence-electron chi connectivity index (χ1n) is 14.8. The second-order valence-electron chi connectivity index (χ2n) is 12.0. The van der Waals surface area contributed by atoms with Crippen LogP contribution < -0.4 is 5.32 Å². The van der Waals surface area contributed by atoms with Crippen LogP contribution in [0, 0.1) is 5.92 Å². The monoisotopic (exact) mass is 563 g/mol. The highest BCUT2D eigenvalue weighted by Crippen LogP contribution is 2.46. The van der Waals surface area contributed by atoms with E-state index < -0.39 is 0 Å². The molecule has 10 nitrogen and oxygen atoms in total. The van der Waals surface area contributed by atoms with Gasteiger partial charge in [0.2, 0.25) is 5.91 Å². The summed E-state index contributed by atoms with van der Waals surface area (Å²) in [6, 6.07) is 0.228. The average molecular weight is 564 g/mol. The van der Waals surface area contributed by atoms with E-state index in [1.54, 1.807) is 6.92 Å². The molecule has 11 heteroatoms. The zero-order valence-electron chi connectivity index (χ0n) is 22.9. The molecule has 1 N–H and O–H groups in total. The fourth-order valence-electron chi connectivity index (χ4n) is 7.69. The summed E-state index contributed by atoms with van der Waals surface area (Å²) in [4.78, 5) is 48.1. The molecule has 39 heavy (non-hydrogen) atoms. The van der Waals surface area contributed by atoms with Gasteiger partial charge in [0, 0.05) is 82.8 Å². The van der Waals surface area contributed by atoms with Crippen molar-refractivity contribution in [2.24, 2.45) is 5.92 Å². The van der Waals surface area contributed by atoms with E-state index in [9.17, 15) is 14.4 Å². The van der Waals surface area contributed by atoms with Gasteiger partial charge in [-0.05, 0) is 32.1 Å².